The first-order valence-electron chi connectivity index (χ1n) is 7.20. The van der Waals surface area contributed by atoms with Gasteiger partial charge in [-0.15, -0.1) is 11.3 Å². The quantitative estimate of drug-likeness (QED) is 0.626. The Morgan fingerprint density at radius 2 is 1.90 bits per heavy atom. The fourth-order valence-corrected chi connectivity index (χ4v) is 3.64. The molecular weight excluding hydrogens is 298 g/mol. The Kier molecular flexibility index (Phi) is 6.26. The zero-order valence-corrected chi connectivity index (χ0v) is 14.4. The van der Waals surface area contributed by atoms with Gasteiger partial charge in [-0.2, -0.15) is 11.3 Å². The van der Waals surface area contributed by atoms with Crippen LogP contribution in [0.15, 0.2) is 39.3 Å². The number of nitrogens with one attached hydrogen (secondary N) is 2. The van der Waals surface area contributed by atoms with E-state index in [0.29, 0.717) is 11.8 Å². The highest BCUT2D eigenvalue weighted by Crippen LogP contribution is 2.19. The summed E-state index contributed by atoms with van der Waals surface area (Å²) in [6, 6.07) is 6.48. The van der Waals surface area contributed by atoms with Crippen molar-refractivity contribution in [2.45, 2.75) is 25.7 Å². The van der Waals surface area contributed by atoms with E-state index < -0.39 is 0 Å². The van der Waals surface area contributed by atoms with E-state index in [1.54, 1.807) is 11.3 Å². The molecule has 0 aromatic carbocycles. The average Bonchev–Trinajstić information content (AvgIpc) is 3.19. The van der Waals surface area contributed by atoms with Crippen LogP contribution < -0.4 is 10.6 Å². The lowest BCUT2D eigenvalue weighted by atomic mass is 10.1. The topological polar surface area (TPSA) is 36.4 Å². The van der Waals surface area contributed by atoms with Crippen molar-refractivity contribution in [3.8, 4) is 0 Å². The van der Waals surface area contributed by atoms with Gasteiger partial charge >= 0.3 is 0 Å². The fraction of sp³-hybridized carbons (Fsp3) is 0.438. The van der Waals surface area contributed by atoms with Crippen molar-refractivity contribution < 1.29 is 0 Å². The summed E-state index contributed by atoms with van der Waals surface area (Å²) in [6.07, 6.45) is 0. The Morgan fingerprint density at radius 3 is 2.48 bits per heavy atom. The molecule has 0 bridgehead atoms. The zero-order valence-electron chi connectivity index (χ0n) is 12.8. The molecule has 114 valence electrons. The van der Waals surface area contributed by atoms with Crippen molar-refractivity contribution in [3.63, 3.8) is 0 Å². The van der Waals surface area contributed by atoms with Gasteiger partial charge < -0.3 is 10.6 Å². The third-order valence-electron chi connectivity index (χ3n) is 3.52. The standard InChI is InChI=1S/C16H23N3S2/c1-12(14-6-8-20-11-14)9-18-16(17-3)19-10-13(2)15-5-4-7-21-15/h4-8,11-13H,9-10H2,1-3H3,(H2,17,18,19). The fourth-order valence-electron chi connectivity index (χ4n) is 2.07. The van der Waals surface area contributed by atoms with Gasteiger partial charge in [0.2, 0.25) is 0 Å². The first-order valence-corrected chi connectivity index (χ1v) is 9.03. The highest BCUT2D eigenvalue weighted by atomic mass is 32.1. The van der Waals surface area contributed by atoms with E-state index >= 15 is 0 Å². The van der Waals surface area contributed by atoms with Crippen LogP contribution in [0.25, 0.3) is 0 Å². The molecule has 2 unspecified atom stereocenters. The summed E-state index contributed by atoms with van der Waals surface area (Å²) < 4.78 is 0. The van der Waals surface area contributed by atoms with E-state index in [1.807, 2.05) is 18.4 Å². The molecule has 2 aromatic rings. The van der Waals surface area contributed by atoms with E-state index in [1.165, 1.54) is 10.4 Å². The minimum atomic E-state index is 0.490. The normalized spacial score (nSPS) is 14.7. The number of guanidine groups is 1. The Bertz CT molecular complexity index is 486. The van der Waals surface area contributed by atoms with Crippen LogP contribution in [-0.2, 0) is 0 Å². The first kappa shape index (κ1) is 16.0. The van der Waals surface area contributed by atoms with Crippen molar-refractivity contribution in [1.82, 2.24) is 10.6 Å². The van der Waals surface area contributed by atoms with Gasteiger partial charge in [0.15, 0.2) is 5.96 Å². The Labute approximate surface area is 135 Å². The Balaban J connectivity index is 1.76. The molecule has 0 aliphatic carbocycles. The van der Waals surface area contributed by atoms with Crippen LogP contribution in [-0.4, -0.2) is 26.1 Å². The molecule has 5 heteroatoms. The number of hydrogen-bond donors (Lipinski definition) is 2. The molecule has 0 fully saturated rings. The van der Waals surface area contributed by atoms with Crippen molar-refractivity contribution in [3.05, 3.63) is 44.8 Å². The molecule has 2 heterocycles. The number of rotatable bonds is 6. The van der Waals surface area contributed by atoms with Gasteiger partial charge in [0.05, 0.1) is 0 Å². The summed E-state index contributed by atoms with van der Waals surface area (Å²) >= 11 is 3.56. The summed E-state index contributed by atoms with van der Waals surface area (Å²) in [5, 5.41) is 13.3. The molecule has 0 saturated heterocycles. The van der Waals surface area contributed by atoms with Crippen LogP contribution in [0.1, 0.15) is 36.1 Å². The molecule has 3 nitrogen and oxygen atoms in total. The maximum Gasteiger partial charge on any atom is 0.191 e. The smallest absolute Gasteiger partial charge is 0.191 e. The predicted octanol–water partition coefficient (Wildman–Crippen LogP) is 3.88. The van der Waals surface area contributed by atoms with Crippen LogP contribution in [0, 0.1) is 0 Å². The molecule has 0 saturated carbocycles. The summed E-state index contributed by atoms with van der Waals surface area (Å²) in [5.41, 5.74) is 1.38. The lowest BCUT2D eigenvalue weighted by Crippen LogP contribution is -2.40. The van der Waals surface area contributed by atoms with E-state index in [4.69, 9.17) is 0 Å². The summed E-state index contributed by atoms with van der Waals surface area (Å²) in [5.74, 6) is 1.86. The highest BCUT2D eigenvalue weighted by Gasteiger charge is 2.09. The molecule has 0 aliphatic rings. The van der Waals surface area contributed by atoms with Gasteiger partial charge in [0, 0.05) is 30.9 Å². The lowest BCUT2D eigenvalue weighted by Gasteiger charge is -2.17. The maximum absolute atomic E-state index is 4.30. The zero-order chi connectivity index (χ0) is 15.1. The van der Waals surface area contributed by atoms with Gasteiger partial charge in [0.1, 0.15) is 0 Å². The van der Waals surface area contributed by atoms with Gasteiger partial charge in [-0.25, -0.2) is 0 Å². The van der Waals surface area contributed by atoms with E-state index in [0.717, 1.165) is 19.0 Å². The minimum absolute atomic E-state index is 0.490. The molecular formula is C16H23N3S2. The second kappa shape index (κ2) is 8.20. The molecule has 0 spiro atoms. The molecule has 2 aromatic heterocycles. The Hall–Kier alpha value is -1.33. The molecule has 2 N–H and O–H groups in total. The molecule has 2 atom stereocenters. The maximum atomic E-state index is 4.30. The second-order valence-electron chi connectivity index (χ2n) is 5.21. The van der Waals surface area contributed by atoms with Crippen molar-refractivity contribution in [1.29, 1.82) is 0 Å². The van der Waals surface area contributed by atoms with Crippen LogP contribution in [0.3, 0.4) is 0 Å². The van der Waals surface area contributed by atoms with E-state index in [2.05, 4.69) is 63.8 Å². The number of aliphatic imine (C=N–C) groups is 1. The van der Waals surface area contributed by atoms with Crippen LogP contribution in [0.4, 0.5) is 0 Å². The monoisotopic (exact) mass is 321 g/mol. The molecule has 2 rings (SSSR count). The summed E-state index contributed by atoms with van der Waals surface area (Å²) in [7, 11) is 1.82. The van der Waals surface area contributed by atoms with Crippen molar-refractivity contribution in [2.24, 2.45) is 4.99 Å². The van der Waals surface area contributed by atoms with Gasteiger partial charge in [-0.3, -0.25) is 4.99 Å². The van der Waals surface area contributed by atoms with Crippen LogP contribution in [0.5, 0.6) is 0 Å². The molecule has 0 amide bonds. The van der Waals surface area contributed by atoms with E-state index in [-0.39, 0.29) is 0 Å². The largest absolute Gasteiger partial charge is 0.356 e. The number of thiophene rings is 2. The summed E-state index contributed by atoms with van der Waals surface area (Å²) in [6.45, 7) is 6.26. The minimum Gasteiger partial charge on any atom is -0.356 e. The lowest BCUT2D eigenvalue weighted by molar-refractivity contribution is 0.677. The second-order valence-corrected chi connectivity index (χ2v) is 6.97. The number of nitrogens with zero attached hydrogens (tertiary/aromatic N) is 1. The van der Waals surface area contributed by atoms with Gasteiger partial charge in [-0.05, 0) is 39.8 Å². The Morgan fingerprint density at radius 1 is 1.14 bits per heavy atom. The third kappa shape index (κ3) is 4.86. The van der Waals surface area contributed by atoms with Crippen molar-refractivity contribution >= 4 is 28.6 Å². The molecule has 21 heavy (non-hydrogen) atoms. The van der Waals surface area contributed by atoms with Crippen LogP contribution >= 0.6 is 22.7 Å². The number of hydrogen-bond acceptors (Lipinski definition) is 3. The van der Waals surface area contributed by atoms with Gasteiger partial charge in [0.25, 0.3) is 0 Å². The first-order chi connectivity index (χ1) is 10.2. The van der Waals surface area contributed by atoms with Crippen molar-refractivity contribution in [2.75, 3.05) is 20.1 Å². The van der Waals surface area contributed by atoms with Crippen LogP contribution in [0.2, 0.25) is 0 Å². The SMILES string of the molecule is CN=C(NCC(C)c1ccsc1)NCC(C)c1cccs1. The summed E-state index contributed by atoms with van der Waals surface area (Å²) in [4.78, 5) is 5.70. The average molecular weight is 322 g/mol. The highest BCUT2D eigenvalue weighted by molar-refractivity contribution is 7.10. The molecule has 0 radical (unpaired) electrons. The van der Waals surface area contributed by atoms with Gasteiger partial charge in [-0.1, -0.05) is 19.9 Å². The third-order valence-corrected chi connectivity index (χ3v) is 5.32. The van der Waals surface area contributed by atoms with E-state index in [9.17, 15) is 0 Å². The predicted molar refractivity (Wildman–Crippen MR) is 94.8 cm³/mol. The molecule has 0 aliphatic heterocycles.